The van der Waals surface area contributed by atoms with Gasteiger partial charge in [-0.3, -0.25) is 19.7 Å². The average Bonchev–Trinajstić information content (AvgIpc) is 2.59. The fraction of sp³-hybridized carbons (Fsp3) is 0.600. The Kier molecular flexibility index (Phi) is 4.25. The molecule has 0 spiro atoms. The van der Waals surface area contributed by atoms with Crippen LogP contribution >= 0.6 is 0 Å². The number of allylic oxidation sites excluding steroid dienone is 1. The molecule has 0 unspecified atom stereocenters. The summed E-state index contributed by atoms with van der Waals surface area (Å²) in [4.78, 5) is 45.6. The lowest BCUT2D eigenvalue weighted by Crippen LogP contribution is -2.38. The number of rotatable bonds is 4. The summed E-state index contributed by atoms with van der Waals surface area (Å²) in [6.07, 6.45) is 3.38. The highest BCUT2D eigenvalue weighted by Gasteiger charge is 2.40. The number of esters is 1. The van der Waals surface area contributed by atoms with Crippen molar-refractivity contribution >= 4 is 23.6 Å². The second kappa shape index (κ2) is 5.79. The number of hydrogen-bond donors (Lipinski definition) is 1. The lowest BCUT2D eigenvalue weighted by Gasteiger charge is -2.20. The Bertz CT molecular complexity index is 520. The highest BCUT2D eigenvalue weighted by molar-refractivity contribution is 5.97. The number of carbonyl (C=O) groups is 4. The normalized spacial score (nSPS) is 28.7. The molecule has 2 aliphatic rings. The Morgan fingerprint density at radius 3 is 2.52 bits per heavy atom. The summed E-state index contributed by atoms with van der Waals surface area (Å²) in [7, 11) is 0. The third-order valence-electron chi connectivity index (χ3n) is 3.71. The van der Waals surface area contributed by atoms with Gasteiger partial charge < -0.3 is 4.74 Å². The number of carbonyl (C=O) groups excluding carboxylic acids is 4. The first-order chi connectivity index (χ1) is 9.77. The SMILES string of the molecule is CC(=O)C[C@@]1(C)C/C(=C\CC2CC(=O)NC(=O)C2)C(=O)O1. The standard InChI is InChI=1S/C15H19NO5/c1-9(17)7-15(2)8-11(14(20)21-15)4-3-10-5-12(18)16-13(19)6-10/h4,10H,3,5-8H2,1-2H3,(H,16,18,19)/b11-4+/t15-/m0/s1. The van der Waals surface area contributed by atoms with Crippen LogP contribution in [-0.2, 0) is 23.9 Å². The van der Waals surface area contributed by atoms with Crippen LogP contribution in [0.5, 0.6) is 0 Å². The fourth-order valence-corrected chi connectivity index (χ4v) is 2.91. The van der Waals surface area contributed by atoms with Crippen molar-refractivity contribution in [2.24, 2.45) is 5.92 Å². The predicted octanol–water partition coefficient (Wildman–Crippen LogP) is 1.04. The van der Waals surface area contributed by atoms with Crippen molar-refractivity contribution < 1.29 is 23.9 Å². The number of cyclic esters (lactones) is 1. The Hall–Kier alpha value is -1.98. The molecule has 2 aliphatic heterocycles. The van der Waals surface area contributed by atoms with Gasteiger partial charge in [-0.05, 0) is 26.2 Å². The van der Waals surface area contributed by atoms with Gasteiger partial charge in [0.25, 0.3) is 0 Å². The molecule has 0 aromatic carbocycles. The average molecular weight is 293 g/mol. The topological polar surface area (TPSA) is 89.5 Å². The van der Waals surface area contributed by atoms with Gasteiger partial charge in [0.1, 0.15) is 11.4 Å². The highest BCUT2D eigenvalue weighted by atomic mass is 16.6. The molecule has 0 aliphatic carbocycles. The first kappa shape index (κ1) is 15.4. The maximum absolute atomic E-state index is 11.8. The molecule has 2 rings (SSSR count). The molecule has 21 heavy (non-hydrogen) atoms. The number of piperidine rings is 1. The van der Waals surface area contributed by atoms with E-state index in [-0.39, 0.29) is 42.8 Å². The zero-order valence-corrected chi connectivity index (χ0v) is 12.2. The van der Waals surface area contributed by atoms with Crippen LogP contribution in [0.4, 0.5) is 0 Å². The number of amides is 2. The fourth-order valence-electron chi connectivity index (χ4n) is 2.91. The molecule has 0 aromatic rings. The summed E-state index contributed by atoms with van der Waals surface area (Å²) < 4.78 is 5.28. The van der Waals surface area contributed by atoms with E-state index >= 15 is 0 Å². The second-order valence-electron chi connectivity index (χ2n) is 6.11. The number of ketones is 1. The van der Waals surface area contributed by atoms with Crippen LogP contribution in [0.25, 0.3) is 0 Å². The van der Waals surface area contributed by atoms with Gasteiger partial charge in [-0.25, -0.2) is 4.79 Å². The summed E-state index contributed by atoms with van der Waals surface area (Å²) in [5, 5.41) is 2.25. The second-order valence-corrected chi connectivity index (χ2v) is 6.11. The molecular formula is C15H19NO5. The van der Waals surface area contributed by atoms with Crippen LogP contribution in [0.1, 0.15) is 46.0 Å². The molecule has 0 radical (unpaired) electrons. The summed E-state index contributed by atoms with van der Waals surface area (Å²) >= 11 is 0. The number of ether oxygens (including phenoxy) is 1. The summed E-state index contributed by atoms with van der Waals surface area (Å²) in [6.45, 7) is 3.21. The van der Waals surface area contributed by atoms with E-state index < -0.39 is 11.6 Å². The number of Topliss-reactive ketones (excluding diaryl/α,β-unsaturated/α-hetero) is 1. The molecular weight excluding hydrogens is 274 g/mol. The highest BCUT2D eigenvalue weighted by Crippen LogP contribution is 2.34. The zero-order chi connectivity index (χ0) is 15.6. The van der Waals surface area contributed by atoms with Gasteiger partial charge in [0.15, 0.2) is 0 Å². The number of imide groups is 1. The summed E-state index contributed by atoms with van der Waals surface area (Å²) in [6, 6.07) is 0. The Balaban J connectivity index is 1.98. The number of hydrogen-bond acceptors (Lipinski definition) is 5. The van der Waals surface area contributed by atoms with Crippen LogP contribution in [0, 0.1) is 5.92 Å². The van der Waals surface area contributed by atoms with E-state index in [1.807, 2.05) is 0 Å². The summed E-state index contributed by atoms with van der Waals surface area (Å²) in [5.41, 5.74) is -0.244. The molecule has 6 heteroatoms. The van der Waals surface area contributed by atoms with Crippen molar-refractivity contribution in [2.75, 3.05) is 0 Å². The summed E-state index contributed by atoms with van der Waals surface area (Å²) in [5.74, 6) is -1.06. The van der Waals surface area contributed by atoms with E-state index in [2.05, 4.69) is 5.32 Å². The Morgan fingerprint density at radius 1 is 1.33 bits per heavy atom. The van der Waals surface area contributed by atoms with Gasteiger partial charge in [-0.1, -0.05) is 6.08 Å². The van der Waals surface area contributed by atoms with E-state index in [0.717, 1.165) is 0 Å². The molecule has 1 atom stereocenters. The Labute approximate surface area is 122 Å². The van der Waals surface area contributed by atoms with E-state index in [1.165, 1.54) is 6.92 Å². The third kappa shape index (κ3) is 4.00. The molecule has 2 saturated heterocycles. The molecule has 0 aromatic heterocycles. The van der Waals surface area contributed by atoms with Gasteiger partial charge in [0.2, 0.25) is 11.8 Å². The molecule has 6 nitrogen and oxygen atoms in total. The first-order valence-corrected chi connectivity index (χ1v) is 7.02. The van der Waals surface area contributed by atoms with Gasteiger partial charge in [0.05, 0.1) is 0 Å². The lowest BCUT2D eigenvalue weighted by atomic mass is 9.90. The van der Waals surface area contributed by atoms with Crippen molar-refractivity contribution in [3.8, 4) is 0 Å². The van der Waals surface area contributed by atoms with Crippen LogP contribution in [0.15, 0.2) is 11.6 Å². The minimum absolute atomic E-state index is 0.0268. The molecule has 2 fully saturated rings. The largest absolute Gasteiger partial charge is 0.455 e. The van der Waals surface area contributed by atoms with Gasteiger partial charge in [-0.2, -0.15) is 0 Å². The third-order valence-corrected chi connectivity index (χ3v) is 3.71. The van der Waals surface area contributed by atoms with E-state index in [0.29, 0.717) is 18.4 Å². The van der Waals surface area contributed by atoms with Crippen molar-refractivity contribution in [2.45, 2.75) is 51.6 Å². The van der Waals surface area contributed by atoms with Crippen LogP contribution < -0.4 is 5.32 Å². The molecule has 2 heterocycles. The van der Waals surface area contributed by atoms with Crippen molar-refractivity contribution in [1.29, 1.82) is 0 Å². The first-order valence-electron chi connectivity index (χ1n) is 7.02. The maximum Gasteiger partial charge on any atom is 0.334 e. The molecule has 0 saturated carbocycles. The monoisotopic (exact) mass is 293 g/mol. The number of nitrogens with one attached hydrogen (secondary N) is 1. The molecule has 114 valence electrons. The van der Waals surface area contributed by atoms with Crippen LogP contribution in [-0.4, -0.2) is 29.2 Å². The zero-order valence-electron chi connectivity index (χ0n) is 12.2. The van der Waals surface area contributed by atoms with E-state index in [1.54, 1.807) is 13.0 Å². The lowest BCUT2D eigenvalue weighted by molar-refractivity contribution is -0.147. The van der Waals surface area contributed by atoms with Crippen molar-refractivity contribution in [3.05, 3.63) is 11.6 Å². The minimum atomic E-state index is -0.769. The van der Waals surface area contributed by atoms with Gasteiger partial charge >= 0.3 is 5.97 Å². The van der Waals surface area contributed by atoms with E-state index in [9.17, 15) is 19.2 Å². The molecule has 1 N–H and O–H groups in total. The van der Waals surface area contributed by atoms with Gasteiger partial charge in [0, 0.05) is 31.3 Å². The van der Waals surface area contributed by atoms with Crippen LogP contribution in [0.2, 0.25) is 0 Å². The smallest absolute Gasteiger partial charge is 0.334 e. The minimum Gasteiger partial charge on any atom is -0.455 e. The van der Waals surface area contributed by atoms with E-state index in [4.69, 9.17) is 4.74 Å². The van der Waals surface area contributed by atoms with Gasteiger partial charge in [-0.15, -0.1) is 0 Å². The molecule has 2 amide bonds. The maximum atomic E-state index is 11.8. The van der Waals surface area contributed by atoms with Crippen molar-refractivity contribution in [1.82, 2.24) is 5.32 Å². The van der Waals surface area contributed by atoms with Crippen molar-refractivity contribution in [3.63, 3.8) is 0 Å². The molecule has 0 bridgehead atoms. The Morgan fingerprint density at radius 2 is 1.95 bits per heavy atom. The quantitative estimate of drug-likeness (QED) is 0.475. The predicted molar refractivity (Wildman–Crippen MR) is 73.0 cm³/mol. The van der Waals surface area contributed by atoms with Crippen LogP contribution in [0.3, 0.4) is 0 Å².